The Hall–Kier alpha value is -2.24. The van der Waals surface area contributed by atoms with E-state index in [2.05, 4.69) is 11.4 Å². The highest BCUT2D eigenvalue weighted by molar-refractivity contribution is 5.70. The number of carbonyl (C=O) groups is 2. The van der Waals surface area contributed by atoms with Crippen molar-refractivity contribution in [3.8, 4) is 0 Å². The van der Waals surface area contributed by atoms with E-state index < -0.39 is 17.2 Å². The summed E-state index contributed by atoms with van der Waals surface area (Å²) in [5.74, 6) is 0. The van der Waals surface area contributed by atoms with Gasteiger partial charge in [-0.1, -0.05) is 24.3 Å². The average Bonchev–Trinajstić information content (AvgIpc) is 3.30. The smallest absolute Gasteiger partial charge is 0.410 e. The minimum absolute atomic E-state index is 0.184. The SMILES string of the molecule is CC(C)(C)OC(=O)NC1(COC(=O)N2CCc3ccccc3C2)CC1. The minimum Gasteiger partial charge on any atom is -0.447 e. The Kier molecular flexibility index (Phi) is 4.62. The zero-order valence-corrected chi connectivity index (χ0v) is 15.1. The highest BCUT2D eigenvalue weighted by Gasteiger charge is 2.46. The fourth-order valence-electron chi connectivity index (χ4n) is 2.92. The van der Waals surface area contributed by atoms with E-state index in [9.17, 15) is 9.59 Å². The van der Waals surface area contributed by atoms with E-state index in [-0.39, 0.29) is 12.7 Å². The van der Waals surface area contributed by atoms with Gasteiger partial charge in [-0.15, -0.1) is 0 Å². The second kappa shape index (κ2) is 6.58. The topological polar surface area (TPSA) is 67.9 Å². The summed E-state index contributed by atoms with van der Waals surface area (Å²) in [7, 11) is 0. The Morgan fingerprint density at radius 1 is 1.20 bits per heavy atom. The standard InChI is InChI=1S/C19H26N2O4/c1-18(2,3)25-16(22)20-19(9-10-19)13-24-17(23)21-11-8-14-6-4-5-7-15(14)12-21/h4-7H,8-13H2,1-3H3,(H,20,22). The van der Waals surface area contributed by atoms with Gasteiger partial charge in [0.05, 0.1) is 5.54 Å². The van der Waals surface area contributed by atoms with Crippen molar-refractivity contribution in [1.82, 2.24) is 10.2 Å². The van der Waals surface area contributed by atoms with Crippen LogP contribution in [0, 0.1) is 0 Å². The van der Waals surface area contributed by atoms with E-state index in [4.69, 9.17) is 9.47 Å². The highest BCUT2D eigenvalue weighted by Crippen LogP contribution is 2.36. The van der Waals surface area contributed by atoms with Gasteiger partial charge < -0.3 is 19.7 Å². The molecular formula is C19H26N2O4. The molecule has 0 atom stereocenters. The van der Waals surface area contributed by atoms with Gasteiger partial charge in [0.2, 0.25) is 0 Å². The molecule has 0 spiro atoms. The maximum absolute atomic E-state index is 12.4. The normalized spacial score (nSPS) is 18.1. The molecule has 0 radical (unpaired) electrons. The van der Waals surface area contributed by atoms with Gasteiger partial charge in [0.25, 0.3) is 0 Å². The Labute approximate surface area is 148 Å². The molecule has 1 aliphatic carbocycles. The summed E-state index contributed by atoms with van der Waals surface area (Å²) in [6.07, 6.45) is 1.64. The maximum Gasteiger partial charge on any atom is 0.410 e. The first-order valence-electron chi connectivity index (χ1n) is 8.76. The monoisotopic (exact) mass is 346 g/mol. The van der Waals surface area contributed by atoms with E-state index in [0.717, 1.165) is 19.3 Å². The van der Waals surface area contributed by atoms with Crippen LogP contribution in [0.15, 0.2) is 24.3 Å². The summed E-state index contributed by atoms with van der Waals surface area (Å²) >= 11 is 0. The van der Waals surface area contributed by atoms with E-state index >= 15 is 0 Å². The molecule has 1 aromatic carbocycles. The number of nitrogens with one attached hydrogen (secondary N) is 1. The van der Waals surface area contributed by atoms with Crippen molar-refractivity contribution in [2.24, 2.45) is 0 Å². The first-order valence-corrected chi connectivity index (χ1v) is 8.76. The molecule has 0 bridgehead atoms. The summed E-state index contributed by atoms with van der Waals surface area (Å²) in [5.41, 5.74) is 1.44. The largest absolute Gasteiger partial charge is 0.447 e. The molecule has 2 amide bonds. The predicted molar refractivity (Wildman–Crippen MR) is 93.2 cm³/mol. The van der Waals surface area contributed by atoms with Crippen LogP contribution in [0.1, 0.15) is 44.7 Å². The molecule has 1 N–H and O–H groups in total. The average molecular weight is 346 g/mol. The van der Waals surface area contributed by atoms with E-state index in [0.29, 0.717) is 13.1 Å². The number of fused-ring (bicyclic) bond motifs is 1. The first-order chi connectivity index (χ1) is 11.8. The molecule has 25 heavy (non-hydrogen) atoms. The Balaban J connectivity index is 1.49. The zero-order valence-electron chi connectivity index (χ0n) is 15.1. The molecule has 1 saturated carbocycles. The number of rotatable bonds is 3. The summed E-state index contributed by atoms with van der Waals surface area (Å²) < 4.78 is 10.7. The quantitative estimate of drug-likeness (QED) is 0.912. The number of nitrogens with zero attached hydrogens (tertiary/aromatic N) is 1. The molecule has 0 saturated heterocycles. The maximum atomic E-state index is 12.4. The molecule has 6 nitrogen and oxygen atoms in total. The summed E-state index contributed by atoms with van der Waals surface area (Å²) in [5, 5.41) is 2.84. The lowest BCUT2D eigenvalue weighted by molar-refractivity contribution is 0.0431. The van der Waals surface area contributed by atoms with Gasteiger partial charge >= 0.3 is 12.2 Å². The number of benzene rings is 1. The van der Waals surface area contributed by atoms with Crippen molar-refractivity contribution in [3.05, 3.63) is 35.4 Å². The molecule has 136 valence electrons. The molecule has 1 aromatic rings. The van der Waals surface area contributed by atoms with Crippen LogP contribution < -0.4 is 5.32 Å². The van der Waals surface area contributed by atoms with Crippen molar-refractivity contribution in [2.75, 3.05) is 13.2 Å². The van der Waals surface area contributed by atoms with Crippen LogP contribution in [-0.4, -0.2) is 41.4 Å². The zero-order chi connectivity index (χ0) is 18.1. The van der Waals surface area contributed by atoms with Gasteiger partial charge in [-0.3, -0.25) is 0 Å². The number of carbonyl (C=O) groups excluding carboxylic acids is 2. The molecule has 1 heterocycles. The third-order valence-electron chi connectivity index (χ3n) is 4.48. The van der Waals surface area contributed by atoms with Gasteiger partial charge in [0.15, 0.2) is 0 Å². The second-order valence-corrected chi connectivity index (χ2v) is 7.90. The van der Waals surface area contributed by atoms with Crippen LogP contribution in [0.3, 0.4) is 0 Å². The Morgan fingerprint density at radius 2 is 1.88 bits per heavy atom. The minimum atomic E-state index is -0.544. The van der Waals surface area contributed by atoms with Crippen LogP contribution in [0.2, 0.25) is 0 Å². The van der Waals surface area contributed by atoms with Gasteiger partial charge in [-0.25, -0.2) is 9.59 Å². The Bertz CT molecular complexity index is 662. The summed E-state index contributed by atoms with van der Waals surface area (Å²) in [6, 6.07) is 8.15. The summed E-state index contributed by atoms with van der Waals surface area (Å²) in [6.45, 7) is 6.87. The molecule has 0 unspecified atom stereocenters. The third-order valence-corrected chi connectivity index (χ3v) is 4.48. The van der Waals surface area contributed by atoms with Crippen molar-refractivity contribution >= 4 is 12.2 Å². The van der Waals surface area contributed by atoms with Crippen molar-refractivity contribution < 1.29 is 19.1 Å². The van der Waals surface area contributed by atoms with Gasteiger partial charge in [0, 0.05) is 13.1 Å². The summed E-state index contributed by atoms with van der Waals surface area (Å²) in [4.78, 5) is 26.0. The molecule has 1 aliphatic heterocycles. The molecule has 1 fully saturated rings. The van der Waals surface area contributed by atoms with Crippen LogP contribution in [0.25, 0.3) is 0 Å². The van der Waals surface area contributed by atoms with E-state index in [1.54, 1.807) is 4.90 Å². The molecule has 2 aliphatic rings. The van der Waals surface area contributed by atoms with Crippen molar-refractivity contribution in [2.45, 2.75) is 57.7 Å². The van der Waals surface area contributed by atoms with Crippen LogP contribution >= 0.6 is 0 Å². The number of hydrogen-bond acceptors (Lipinski definition) is 4. The molecule has 6 heteroatoms. The third kappa shape index (κ3) is 4.65. The lowest BCUT2D eigenvalue weighted by Gasteiger charge is -2.29. The van der Waals surface area contributed by atoms with Crippen molar-refractivity contribution in [1.29, 1.82) is 0 Å². The lowest BCUT2D eigenvalue weighted by atomic mass is 10.0. The van der Waals surface area contributed by atoms with Gasteiger partial charge in [0.1, 0.15) is 12.2 Å². The van der Waals surface area contributed by atoms with Crippen LogP contribution in [0.4, 0.5) is 9.59 Å². The van der Waals surface area contributed by atoms with Crippen molar-refractivity contribution in [3.63, 3.8) is 0 Å². The number of ether oxygens (including phenoxy) is 2. The van der Waals surface area contributed by atoms with Crippen LogP contribution in [0.5, 0.6) is 0 Å². The number of hydrogen-bond donors (Lipinski definition) is 1. The predicted octanol–water partition coefficient (Wildman–Crippen LogP) is 3.24. The second-order valence-electron chi connectivity index (χ2n) is 7.90. The Morgan fingerprint density at radius 3 is 2.52 bits per heavy atom. The number of amides is 2. The first kappa shape index (κ1) is 17.6. The fourth-order valence-corrected chi connectivity index (χ4v) is 2.92. The van der Waals surface area contributed by atoms with Gasteiger partial charge in [-0.2, -0.15) is 0 Å². The number of alkyl carbamates (subject to hydrolysis) is 1. The highest BCUT2D eigenvalue weighted by atomic mass is 16.6. The fraction of sp³-hybridized carbons (Fsp3) is 0.579. The molecule has 3 rings (SSSR count). The van der Waals surface area contributed by atoms with E-state index in [1.807, 2.05) is 39.0 Å². The molecule has 0 aromatic heterocycles. The van der Waals surface area contributed by atoms with Gasteiger partial charge in [-0.05, 0) is 51.2 Å². The molecular weight excluding hydrogens is 320 g/mol. The van der Waals surface area contributed by atoms with E-state index in [1.165, 1.54) is 11.1 Å². The lowest BCUT2D eigenvalue weighted by Crippen LogP contribution is -2.45. The van der Waals surface area contributed by atoms with Crippen LogP contribution in [-0.2, 0) is 22.4 Å².